The fourth-order valence-corrected chi connectivity index (χ4v) is 0.454. The van der Waals surface area contributed by atoms with Crippen molar-refractivity contribution in [2.75, 3.05) is 0 Å². The van der Waals surface area contributed by atoms with E-state index in [1.165, 1.54) is 0 Å². The molecule has 0 aliphatic rings. The summed E-state index contributed by atoms with van der Waals surface area (Å²) in [4.78, 5) is 0. The molecular formula is H3B4F3P. The number of hydrogen-bond donors (Lipinski definition) is 0. The summed E-state index contributed by atoms with van der Waals surface area (Å²) in [6.45, 7) is 0.421. The first kappa shape index (κ1) is 4.32. The molecule has 8 heteroatoms. The molecule has 0 aromatic heterocycles. The van der Waals surface area contributed by atoms with Gasteiger partial charge in [-0.15, -0.1) is 7.56 Å². The molecule has 0 fully saturated rings. The van der Waals surface area contributed by atoms with Gasteiger partial charge in [-0.1, -0.05) is 0 Å². The molecule has 0 saturated carbocycles. The molecule has 0 saturated heterocycles. The largest absolute Gasteiger partial charge is 0.352 e. The molecule has 0 heterocycles. The van der Waals surface area contributed by atoms with Crippen LogP contribution in [0.3, 0.4) is 0 Å². The van der Waals surface area contributed by atoms with E-state index in [4.69, 9.17) is 4.01 Å². The molecule has 0 aliphatic heterocycles. The lowest BCUT2D eigenvalue weighted by molar-refractivity contribution is 0.886. The fraction of sp³-hybridized carbons (Fsp3) is 0. The first-order chi connectivity index (χ1) is 4.95. The first-order valence-electron chi connectivity index (χ1n) is 3.49. The summed E-state index contributed by atoms with van der Waals surface area (Å²) in [5, 5.41) is 0. The zero-order valence-electron chi connectivity index (χ0n) is 6.89. The second-order valence-corrected chi connectivity index (χ2v) is 2.50. The summed E-state index contributed by atoms with van der Waals surface area (Å²) < 4.78 is 54.9. The lowest BCUT2D eigenvalue weighted by Gasteiger charge is -1.98. The third kappa shape index (κ3) is 3.48. The van der Waals surface area contributed by atoms with Gasteiger partial charge in [0.25, 0.3) is 7.41 Å². The summed E-state index contributed by atoms with van der Waals surface area (Å²) in [6.07, 6.45) is 0. The Kier molecular flexibility index (Phi) is 3.03. The summed E-state index contributed by atoms with van der Waals surface area (Å²) in [5.74, 6) is 0. The summed E-state index contributed by atoms with van der Waals surface area (Å²) >= 11 is 0. The highest BCUT2D eigenvalue weighted by Crippen LogP contribution is 2.27. The molecule has 0 N–H and O–H groups in total. The molecule has 0 rings (SSSR count). The van der Waals surface area contributed by atoms with Gasteiger partial charge in [0.2, 0.25) is 0 Å². The van der Waals surface area contributed by atoms with E-state index in [1.54, 1.807) is 0 Å². The van der Waals surface area contributed by atoms with Crippen LogP contribution in [0.2, 0.25) is 0 Å². The van der Waals surface area contributed by atoms with E-state index in [-0.39, 0.29) is 0 Å². The molecule has 0 aromatic rings. The molecule has 0 amide bonds. The van der Waals surface area contributed by atoms with Crippen LogP contribution in [0.5, 0.6) is 0 Å². The van der Waals surface area contributed by atoms with Crippen molar-refractivity contribution in [1.82, 2.24) is 0 Å². The van der Waals surface area contributed by atoms with Gasteiger partial charge in [-0.05, 0) is 0 Å². The summed E-state index contributed by atoms with van der Waals surface area (Å²) in [5.41, 5.74) is 0. The average molecular weight is 140 g/mol. The van der Waals surface area contributed by atoms with Crippen molar-refractivity contribution >= 4 is 36.3 Å². The quantitative estimate of drug-likeness (QED) is 0.374. The van der Waals surface area contributed by atoms with Crippen LogP contribution in [-0.4, -0.2) is 32.8 Å². The van der Waals surface area contributed by atoms with Crippen molar-refractivity contribution in [2.24, 2.45) is 0 Å². The van der Waals surface area contributed by atoms with Gasteiger partial charge >= 0.3 is 14.5 Å². The molecule has 0 aromatic carbocycles. The highest BCUT2D eigenvalue weighted by atomic mass is 31.1. The van der Waals surface area contributed by atoms with Crippen LogP contribution in [0.1, 0.15) is 0 Å². The lowest BCUT2D eigenvalue weighted by atomic mass is 9.73. The maximum atomic E-state index is 12.0. The zero-order chi connectivity index (χ0) is 9.02. The van der Waals surface area contributed by atoms with Crippen LogP contribution in [0.15, 0.2) is 0 Å². The monoisotopic (exact) mass is 141 g/mol. The van der Waals surface area contributed by atoms with Crippen molar-refractivity contribution in [2.45, 2.75) is 0 Å². The van der Waals surface area contributed by atoms with Crippen molar-refractivity contribution in [1.29, 1.82) is 4.01 Å². The number of halogens is 3. The van der Waals surface area contributed by atoms with Crippen LogP contribution in [0.25, 0.3) is 0 Å². The van der Waals surface area contributed by atoms with Crippen LogP contribution < -0.4 is 0 Å². The van der Waals surface area contributed by atoms with Crippen LogP contribution >= 0.6 is 7.56 Å². The molecule has 8 heavy (non-hydrogen) atoms. The van der Waals surface area contributed by atoms with Gasteiger partial charge in [-0.2, -0.15) is 0 Å². The minimum Gasteiger partial charge on any atom is -0.352 e. The minimum absolute atomic E-state index is 0.421. The Morgan fingerprint density at radius 1 is 1.38 bits per heavy atom. The van der Waals surface area contributed by atoms with Crippen LogP contribution in [-0.2, 0) is 0 Å². The molecule has 0 nitrogen and oxygen atoms in total. The SMILES string of the molecule is [3H]B(F)[B]P(B([3H])F)B([3H])F. The minimum atomic E-state index is -2.41. The van der Waals surface area contributed by atoms with Gasteiger partial charge in [-0.25, -0.2) is 0 Å². The van der Waals surface area contributed by atoms with Gasteiger partial charge in [0.1, 0.15) is 6.89 Å². The molecule has 0 spiro atoms. The summed E-state index contributed by atoms with van der Waals surface area (Å²) in [7, 11) is -9.26. The van der Waals surface area contributed by atoms with E-state index < -0.39 is 29.4 Å². The van der Waals surface area contributed by atoms with Gasteiger partial charge in [0.15, 0.2) is 0 Å². The third-order valence-corrected chi connectivity index (χ3v) is 1.36. The van der Waals surface area contributed by atoms with Crippen molar-refractivity contribution < 1.29 is 12.9 Å². The summed E-state index contributed by atoms with van der Waals surface area (Å²) in [6, 6.07) is 0. The molecule has 0 unspecified atom stereocenters. The van der Waals surface area contributed by atoms with Gasteiger partial charge in [-0.3, -0.25) is 0 Å². The van der Waals surface area contributed by atoms with Gasteiger partial charge < -0.3 is 12.9 Å². The Labute approximate surface area is 54.4 Å². The Morgan fingerprint density at radius 3 is 2.00 bits per heavy atom. The third-order valence-electron chi connectivity index (χ3n) is 0.454. The van der Waals surface area contributed by atoms with Crippen molar-refractivity contribution in [3.05, 3.63) is 0 Å². The van der Waals surface area contributed by atoms with Crippen molar-refractivity contribution in [3.63, 3.8) is 0 Å². The molecular weight excluding hydrogens is 131 g/mol. The van der Waals surface area contributed by atoms with E-state index in [0.717, 1.165) is 0 Å². The average Bonchev–Trinajstić information content (AvgIpc) is 1.81. The molecule has 41 valence electrons. The Hall–Kier alpha value is 0.480. The van der Waals surface area contributed by atoms with Crippen LogP contribution in [0, 0.1) is 0 Å². The number of rotatable bonds is 4. The van der Waals surface area contributed by atoms with Crippen LogP contribution in [0.4, 0.5) is 12.9 Å². The normalized spacial score (nSPS) is 13.8. The van der Waals surface area contributed by atoms with Gasteiger partial charge in [0, 0.05) is 4.01 Å². The lowest BCUT2D eigenvalue weighted by Crippen LogP contribution is -2.01. The Morgan fingerprint density at radius 2 is 1.88 bits per heavy atom. The Bertz CT molecular complexity index is 103. The maximum Gasteiger partial charge on any atom is 0.342 e. The second-order valence-electron chi connectivity index (χ2n) is 0.917. The van der Waals surface area contributed by atoms with Gasteiger partial charge in [0.05, 0.1) is 0 Å². The van der Waals surface area contributed by atoms with E-state index in [1.807, 2.05) is 0 Å². The topological polar surface area (TPSA) is 0 Å². The van der Waals surface area contributed by atoms with E-state index in [0.29, 0.717) is 6.89 Å². The molecule has 1 radical (unpaired) electrons. The molecule has 0 aliphatic carbocycles. The molecule has 0 atom stereocenters. The fourth-order valence-electron chi connectivity index (χ4n) is 0.151. The van der Waals surface area contributed by atoms with E-state index in [2.05, 4.69) is 0 Å². The Balaban J connectivity index is 3.90. The van der Waals surface area contributed by atoms with E-state index in [9.17, 15) is 12.9 Å². The maximum absolute atomic E-state index is 12.0. The second kappa shape index (κ2) is 5.61. The first-order valence-corrected chi connectivity index (χ1v) is 3.31. The highest BCUT2D eigenvalue weighted by Gasteiger charge is 2.11. The van der Waals surface area contributed by atoms with E-state index >= 15 is 0 Å². The zero-order valence-corrected chi connectivity index (χ0v) is 4.78. The predicted molar refractivity (Wildman–Crippen MR) is 37.4 cm³/mol. The predicted octanol–water partition coefficient (Wildman–Crippen LogP) is -0.205. The number of hydrogen-bond acceptors (Lipinski definition) is 0. The molecule has 0 bridgehead atoms. The van der Waals surface area contributed by atoms with Crippen molar-refractivity contribution in [3.8, 4) is 0 Å². The smallest absolute Gasteiger partial charge is 0.342 e. The standard InChI is InChI=1S/B4F3H3P/c5-1-2-8(3-6)4-7/h1,3-4H/i1T,3T,4T. The highest BCUT2D eigenvalue weighted by molar-refractivity contribution is 8.25.